The summed E-state index contributed by atoms with van der Waals surface area (Å²) in [5.74, 6) is 3.06. The van der Waals surface area contributed by atoms with E-state index in [2.05, 4.69) is 69.2 Å². The van der Waals surface area contributed by atoms with Crippen LogP contribution >= 0.6 is 0 Å². The van der Waals surface area contributed by atoms with Crippen LogP contribution < -0.4 is 57.3 Å². The van der Waals surface area contributed by atoms with Gasteiger partial charge in [0, 0.05) is 30.2 Å². The number of unbranched alkanes of at least 4 members (excludes halogenated alkanes) is 1. The largest absolute Gasteiger partial charge is 0.393 e. The molecule has 61 heavy (non-hydrogen) atoms. The van der Waals surface area contributed by atoms with Crippen molar-refractivity contribution in [2.24, 2.45) is 86.4 Å². The molecule has 0 aromatic heterocycles. The zero-order valence-electron chi connectivity index (χ0n) is 42.9. The lowest BCUT2D eigenvalue weighted by molar-refractivity contribution is 0.108. The summed E-state index contributed by atoms with van der Waals surface area (Å²) in [4.78, 5) is 0. The van der Waals surface area contributed by atoms with Crippen molar-refractivity contribution in [3.8, 4) is 0 Å². The van der Waals surface area contributed by atoms with Crippen LogP contribution in [0.2, 0.25) is 0 Å². The lowest BCUT2D eigenvalue weighted by Gasteiger charge is -2.23. The van der Waals surface area contributed by atoms with Gasteiger partial charge in [0.1, 0.15) is 0 Å². The van der Waals surface area contributed by atoms with Crippen LogP contribution in [0.25, 0.3) is 0 Å². The molecule has 5 aliphatic rings. The molecule has 0 amide bonds. The first-order valence-electron chi connectivity index (χ1n) is 25.2. The van der Waals surface area contributed by atoms with Gasteiger partial charge in [-0.15, -0.1) is 0 Å². The third-order valence-corrected chi connectivity index (χ3v) is 11.3. The maximum Gasteiger partial charge on any atom is 0.0691 e. The van der Waals surface area contributed by atoms with E-state index in [9.17, 15) is 0 Å². The van der Waals surface area contributed by atoms with E-state index in [0.717, 1.165) is 95.9 Å². The van der Waals surface area contributed by atoms with Gasteiger partial charge < -0.3 is 67.5 Å². The number of rotatable bonds is 8. The Balaban J connectivity index is -0.000000191. The molecule has 0 bridgehead atoms. The monoisotopic (exact) mass is 879 g/mol. The van der Waals surface area contributed by atoms with Crippen LogP contribution in [0.1, 0.15) is 211 Å². The van der Waals surface area contributed by atoms with Gasteiger partial charge >= 0.3 is 0 Å². The first kappa shape index (κ1) is 69.6. The van der Waals surface area contributed by atoms with Gasteiger partial charge in [0.25, 0.3) is 0 Å². The molecule has 0 spiro atoms. The van der Waals surface area contributed by atoms with Crippen molar-refractivity contribution in [1.82, 2.24) is 0 Å². The van der Waals surface area contributed by atoms with Crippen LogP contribution in [0.5, 0.6) is 0 Å². The molecule has 4 unspecified atom stereocenters. The Morgan fingerprint density at radius 3 is 1.07 bits per heavy atom. The van der Waals surface area contributed by atoms with Crippen molar-refractivity contribution in [3.05, 3.63) is 0 Å². The fraction of sp³-hybridized carbons (Fsp3) is 1.00. The molecule has 0 heterocycles. The van der Waals surface area contributed by atoms with E-state index in [-0.39, 0.29) is 23.7 Å². The van der Waals surface area contributed by atoms with Crippen LogP contribution in [0.15, 0.2) is 0 Å². The highest BCUT2D eigenvalue weighted by molar-refractivity contribution is 4.76. The lowest BCUT2D eigenvalue weighted by Crippen LogP contribution is -2.37. The highest BCUT2D eigenvalue weighted by atomic mass is 16.3. The van der Waals surface area contributed by atoms with Crippen molar-refractivity contribution in [2.45, 2.75) is 253 Å². The fourth-order valence-corrected chi connectivity index (χ4v) is 4.70. The number of aliphatic hydroxyl groups excluding tert-OH is 2. The van der Waals surface area contributed by atoms with Crippen LogP contribution in [-0.4, -0.2) is 85.4 Å². The van der Waals surface area contributed by atoms with Gasteiger partial charge in [-0.2, -0.15) is 0 Å². The van der Waals surface area contributed by atoms with Crippen LogP contribution in [-0.2, 0) is 0 Å². The molecular formula is C49H118N10O2. The van der Waals surface area contributed by atoms with E-state index >= 15 is 0 Å². The fourth-order valence-electron chi connectivity index (χ4n) is 4.70. The van der Waals surface area contributed by atoms with E-state index in [1.54, 1.807) is 0 Å². The summed E-state index contributed by atoms with van der Waals surface area (Å²) in [7, 11) is 0. The number of aliphatic hydroxyl groups is 2. The minimum Gasteiger partial charge on any atom is -0.393 e. The molecule has 0 aromatic carbocycles. The van der Waals surface area contributed by atoms with Gasteiger partial charge in [-0.1, -0.05) is 114 Å². The summed E-state index contributed by atoms with van der Waals surface area (Å²) < 4.78 is 0. The predicted molar refractivity (Wildman–Crippen MR) is 273 cm³/mol. The first-order chi connectivity index (χ1) is 28.5. The predicted octanol–water partition coefficient (Wildman–Crippen LogP) is 6.95. The van der Waals surface area contributed by atoms with Crippen molar-refractivity contribution < 1.29 is 10.2 Å². The van der Waals surface area contributed by atoms with Crippen LogP contribution in [0, 0.1) is 29.1 Å². The van der Waals surface area contributed by atoms with Crippen molar-refractivity contribution in [3.63, 3.8) is 0 Å². The summed E-state index contributed by atoms with van der Waals surface area (Å²) in [6.07, 6.45) is 24.4. The zero-order valence-corrected chi connectivity index (χ0v) is 42.9. The SMILES string of the molecule is CC(C)CCN.CC(C)CN.CC(N)C(C)(C)C.CCC(C)CN.CCCCN.NC1CCC(O)CC1.NC1CCC1.NC1CCCC1.NC1CCCCC1O.NCC1CC1. The molecule has 376 valence electrons. The second kappa shape index (κ2) is 49.0. The summed E-state index contributed by atoms with van der Waals surface area (Å²) in [5.41, 5.74) is 53.9. The standard InChI is InChI=1S/2C6H13NO.C6H15N.C5H11N.2C5H13N.2C4H9N.2C4H11N/c7-5-1-3-6(8)4-2-5;7-5-3-1-2-4-6(5)8;1-5(7)6(2,3)4;6-5-3-1-2-4-5;1-5(2)3-4-6;1-3-5(2)4-6;5-3-4-1-2-4;5-4-2-1-3-4;1-4(2)3-5;1-2-3-4-5/h2*5-6,8H,1-4,7H2;5H,7H2,1-4H3;5H,1-4,6H2;2*5H,3-4,6H2,1-2H3;2*4H,1-3,5H2;4H,3,5H2,1-2H3;2-5H2,1H3. The summed E-state index contributed by atoms with van der Waals surface area (Å²) >= 11 is 0. The molecule has 0 saturated heterocycles. The summed E-state index contributed by atoms with van der Waals surface area (Å²) in [6, 6.07) is 1.83. The molecule has 5 rings (SSSR count). The molecule has 0 aliphatic heterocycles. The molecule has 12 heteroatoms. The number of hydrogen-bond acceptors (Lipinski definition) is 12. The maximum atomic E-state index is 9.05. The van der Waals surface area contributed by atoms with Crippen molar-refractivity contribution >= 4 is 0 Å². The molecule has 4 atom stereocenters. The second-order valence-corrected chi connectivity index (χ2v) is 20.1. The van der Waals surface area contributed by atoms with E-state index in [0.29, 0.717) is 36.0 Å². The van der Waals surface area contributed by atoms with Crippen LogP contribution in [0.4, 0.5) is 0 Å². The molecule has 22 N–H and O–H groups in total. The molecule has 5 saturated carbocycles. The molecule has 0 radical (unpaired) electrons. The topological polar surface area (TPSA) is 301 Å². The minimum atomic E-state index is -0.219. The number of nitrogens with two attached hydrogens (primary N) is 10. The van der Waals surface area contributed by atoms with Crippen molar-refractivity contribution in [1.29, 1.82) is 0 Å². The average molecular weight is 880 g/mol. The third-order valence-electron chi connectivity index (χ3n) is 11.3. The van der Waals surface area contributed by atoms with Gasteiger partial charge in [0.15, 0.2) is 0 Å². The van der Waals surface area contributed by atoms with Crippen molar-refractivity contribution in [2.75, 3.05) is 32.7 Å². The average Bonchev–Trinajstić information content (AvgIpc) is 3.94. The zero-order chi connectivity index (χ0) is 48.2. The quantitative estimate of drug-likeness (QED) is 0.118. The van der Waals surface area contributed by atoms with Gasteiger partial charge in [-0.25, -0.2) is 0 Å². The normalized spacial score (nSPS) is 22.8. The third kappa shape index (κ3) is 63.9. The van der Waals surface area contributed by atoms with E-state index in [4.69, 9.17) is 67.5 Å². The molecule has 0 aromatic rings. The highest BCUT2D eigenvalue weighted by Gasteiger charge is 2.19. The van der Waals surface area contributed by atoms with E-state index in [1.807, 2.05) is 6.92 Å². The smallest absolute Gasteiger partial charge is 0.0691 e. The van der Waals surface area contributed by atoms with Crippen LogP contribution in [0.3, 0.4) is 0 Å². The summed E-state index contributed by atoms with van der Waals surface area (Å²) in [6.45, 7) is 27.6. The van der Waals surface area contributed by atoms with Gasteiger partial charge in [-0.3, -0.25) is 0 Å². The Labute approximate surface area is 381 Å². The minimum absolute atomic E-state index is 0.0590. The van der Waals surface area contributed by atoms with E-state index in [1.165, 1.54) is 83.5 Å². The molecule has 12 nitrogen and oxygen atoms in total. The molecule has 5 aliphatic carbocycles. The second-order valence-electron chi connectivity index (χ2n) is 20.1. The first-order valence-corrected chi connectivity index (χ1v) is 25.2. The maximum absolute atomic E-state index is 9.05. The Morgan fingerprint density at radius 2 is 0.951 bits per heavy atom. The Bertz CT molecular complexity index is 765. The summed E-state index contributed by atoms with van der Waals surface area (Å²) in [5, 5.41) is 18.0. The number of hydrogen-bond donors (Lipinski definition) is 12. The Hall–Kier alpha value is -0.480. The van der Waals surface area contributed by atoms with Gasteiger partial charge in [-0.05, 0) is 159 Å². The van der Waals surface area contributed by atoms with Gasteiger partial charge in [0.05, 0.1) is 12.2 Å². The highest BCUT2D eigenvalue weighted by Crippen LogP contribution is 2.26. The molecular weight excluding hydrogens is 761 g/mol. The van der Waals surface area contributed by atoms with Gasteiger partial charge in [0.2, 0.25) is 0 Å². The van der Waals surface area contributed by atoms with E-state index < -0.39 is 0 Å². The Kier molecular flexibility index (Phi) is 55.8. The lowest BCUT2D eigenvalue weighted by atomic mass is 9.89. The molecule has 5 fully saturated rings. The Morgan fingerprint density at radius 1 is 0.541 bits per heavy atom.